The van der Waals surface area contributed by atoms with Crippen molar-refractivity contribution in [3.05, 3.63) is 59.7 Å². The summed E-state index contributed by atoms with van der Waals surface area (Å²) in [6, 6.07) is 12.6. The molecule has 0 amide bonds. The van der Waals surface area contributed by atoms with Crippen LogP contribution in [0, 0.1) is 5.41 Å². The van der Waals surface area contributed by atoms with Gasteiger partial charge in [0.2, 0.25) is 0 Å². The molecular formula is C20H22N2O6Pt. The van der Waals surface area contributed by atoms with Crippen LogP contribution >= 0.6 is 0 Å². The maximum Gasteiger partial charge on any atom is 2.00 e. The van der Waals surface area contributed by atoms with E-state index in [0.717, 1.165) is 11.1 Å². The summed E-state index contributed by atoms with van der Waals surface area (Å²) in [5.41, 5.74) is 12.2. The minimum absolute atomic E-state index is 0. The average Bonchev–Trinajstić information content (AvgIpc) is 2.60. The Hall–Kier alpha value is -2.41. The van der Waals surface area contributed by atoms with E-state index in [-0.39, 0.29) is 57.5 Å². The standard InChI is InChI=1S/C14H16N2O2.C6H8O4.Pt/c15-13(9-1-5-11(17)6-2-9)14(16)10-3-7-12(18)8-4-10;7-4(8)6(5(9)10)2-1-3-6;/h1-8,13-14,17-18H,15-16H2;1-3H2,(H,7,8)(H,9,10);/q;;+2/p-2. The van der Waals surface area contributed by atoms with Crippen molar-refractivity contribution in [3.8, 4) is 11.5 Å². The van der Waals surface area contributed by atoms with Crippen LogP contribution in [0.5, 0.6) is 11.5 Å². The Labute approximate surface area is 182 Å². The molecule has 2 aromatic carbocycles. The van der Waals surface area contributed by atoms with Gasteiger partial charge in [-0.3, -0.25) is 0 Å². The first-order valence-corrected chi connectivity index (χ1v) is 8.69. The van der Waals surface area contributed by atoms with Gasteiger partial charge in [0.15, 0.2) is 0 Å². The summed E-state index contributed by atoms with van der Waals surface area (Å²) >= 11 is 0. The van der Waals surface area contributed by atoms with Crippen LogP contribution in [-0.2, 0) is 30.7 Å². The third-order valence-corrected chi connectivity index (χ3v) is 4.93. The Morgan fingerprint density at radius 1 is 0.793 bits per heavy atom. The van der Waals surface area contributed by atoms with Crippen LogP contribution in [0.25, 0.3) is 0 Å². The number of phenols is 2. The Kier molecular flexibility index (Phi) is 8.82. The van der Waals surface area contributed by atoms with Gasteiger partial charge in [0.05, 0.1) is 11.9 Å². The molecule has 0 radical (unpaired) electrons. The molecule has 0 aromatic heterocycles. The Bertz CT molecular complexity index is 756. The van der Waals surface area contributed by atoms with E-state index < -0.39 is 17.4 Å². The third-order valence-electron chi connectivity index (χ3n) is 4.93. The van der Waals surface area contributed by atoms with Crippen LogP contribution in [-0.4, -0.2) is 22.2 Å². The molecule has 1 aliphatic rings. The van der Waals surface area contributed by atoms with Crippen LogP contribution in [0.15, 0.2) is 48.5 Å². The molecule has 0 spiro atoms. The largest absolute Gasteiger partial charge is 2.00 e. The number of carboxylic acids is 2. The van der Waals surface area contributed by atoms with Crippen LogP contribution in [0.1, 0.15) is 42.5 Å². The first-order chi connectivity index (χ1) is 13.2. The zero-order valence-electron chi connectivity index (χ0n) is 15.4. The van der Waals surface area contributed by atoms with Crippen molar-refractivity contribution < 1.29 is 51.1 Å². The smallest absolute Gasteiger partial charge is 0.549 e. The second kappa shape index (κ2) is 10.4. The number of benzene rings is 2. The van der Waals surface area contributed by atoms with Gasteiger partial charge in [-0.1, -0.05) is 30.7 Å². The van der Waals surface area contributed by atoms with E-state index in [2.05, 4.69) is 0 Å². The number of carbonyl (C=O) groups excluding carboxylic acids is 2. The van der Waals surface area contributed by atoms with E-state index in [9.17, 15) is 30.0 Å². The van der Waals surface area contributed by atoms with Crippen LogP contribution < -0.4 is 21.7 Å². The number of hydrogen-bond donors (Lipinski definition) is 4. The van der Waals surface area contributed by atoms with Crippen molar-refractivity contribution in [3.63, 3.8) is 0 Å². The number of carbonyl (C=O) groups is 2. The SMILES string of the molecule is NC(c1ccc(O)cc1)C(N)c1ccc(O)cc1.O=C([O-])C1(C(=O)[O-])CCC1.[Pt+2]. The molecule has 1 saturated carbocycles. The molecule has 8 nitrogen and oxygen atoms in total. The van der Waals surface area contributed by atoms with Crippen LogP contribution in [0.3, 0.4) is 0 Å². The van der Waals surface area contributed by atoms with Crippen molar-refractivity contribution >= 4 is 11.9 Å². The molecule has 0 saturated heterocycles. The van der Waals surface area contributed by atoms with Crippen molar-refractivity contribution in [2.45, 2.75) is 31.3 Å². The fourth-order valence-electron chi connectivity index (χ4n) is 2.83. The predicted molar refractivity (Wildman–Crippen MR) is 96.4 cm³/mol. The number of hydrogen-bond acceptors (Lipinski definition) is 8. The molecule has 158 valence electrons. The molecular weight excluding hydrogens is 559 g/mol. The summed E-state index contributed by atoms with van der Waals surface area (Å²) in [4.78, 5) is 20.4. The fourth-order valence-corrected chi connectivity index (χ4v) is 2.83. The molecule has 1 fully saturated rings. The predicted octanol–water partition coefficient (Wildman–Crippen LogP) is -0.548. The molecule has 2 unspecified atom stereocenters. The first-order valence-electron chi connectivity index (χ1n) is 8.69. The third kappa shape index (κ3) is 5.79. The van der Waals surface area contributed by atoms with E-state index in [1.165, 1.54) is 0 Å². The quantitative estimate of drug-likeness (QED) is 0.341. The summed E-state index contributed by atoms with van der Waals surface area (Å²) in [7, 11) is 0. The zero-order chi connectivity index (χ0) is 20.9. The van der Waals surface area contributed by atoms with Gasteiger partial charge in [0.25, 0.3) is 0 Å². The summed E-state index contributed by atoms with van der Waals surface area (Å²) in [5.74, 6) is -2.63. The van der Waals surface area contributed by atoms with E-state index in [4.69, 9.17) is 11.5 Å². The first kappa shape index (κ1) is 24.6. The molecule has 1 aliphatic carbocycles. The van der Waals surface area contributed by atoms with Crippen molar-refractivity contribution in [1.82, 2.24) is 0 Å². The van der Waals surface area contributed by atoms with Gasteiger partial charge in [-0.2, -0.15) is 0 Å². The van der Waals surface area contributed by atoms with Gasteiger partial charge >= 0.3 is 21.1 Å². The molecule has 0 heterocycles. The molecule has 0 aliphatic heterocycles. The topological polar surface area (TPSA) is 173 Å². The Morgan fingerprint density at radius 3 is 1.28 bits per heavy atom. The Balaban J connectivity index is 0.000000327. The zero-order valence-corrected chi connectivity index (χ0v) is 17.7. The van der Waals surface area contributed by atoms with E-state index in [0.29, 0.717) is 6.42 Å². The van der Waals surface area contributed by atoms with Crippen molar-refractivity contribution in [1.29, 1.82) is 0 Å². The molecule has 2 aromatic rings. The second-order valence-electron chi connectivity index (χ2n) is 6.75. The fraction of sp³-hybridized carbons (Fsp3) is 0.300. The van der Waals surface area contributed by atoms with Crippen LogP contribution in [0.4, 0.5) is 0 Å². The Morgan fingerprint density at radius 2 is 1.10 bits per heavy atom. The van der Waals surface area contributed by atoms with Gasteiger partial charge in [-0.25, -0.2) is 0 Å². The summed E-state index contributed by atoms with van der Waals surface area (Å²) < 4.78 is 0. The minimum atomic E-state index is -1.67. The van der Waals surface area contributed by atoms with Gasteiger partial charge in [-0.05, 0) is 48.2 Å². The van der Waals surface area contributed by atoms with Gasteiger partial charge < -0.3 is 41.5 Å². The van der Waals surface area contributed by atoms with Gasteiger partial charge in [0, 0.05) is 17.5 Å². The molecule has 3 rings (SSSR count). The van der Waals surface area contributed by atoms with Crippen molar-refractivity contribution in [2.24, 2.45) is 16.9 Å². The number of phenolic OH excluding ortho intramolecular Hbond substituents is 2. The molecule has 6 N–H and O–H groups in total. The average molecular weight is 581 g/mol. The van der Waals surface area contributed by atoms with E-state index in [1.807, 2.05) is 0 Å². The number of carboxylic acid groups (broad SMARTS) is 2. The number of nitrogens with two attached hydrogens (primary N) is 2. The minimum Gasteiger partial charge on any atom is -0.549 e. The van der Waals surface area contributed by atoms with Crippen molar-refractivity contribution in [2.75, 3.05) is 0 Å². The van der Waals surface area contributed by atoms with Crippen LogP contribution in [0.2, 0.25) is 0 Å². The van der Waals surface area contributed by atoms with Gasteiger partial charge in [-0.15, -0.1) is 0 Å². The molecule has 29 heavy (non-hydrogen) atoms. The maximum absolute atomic E-state index is 10.2. The number of rotatable bonds is 5. The summed E-state index contributed by atoms with van der Waals surface area (Å²) in [5, 5.41) is 38.9. The summed E-state index contributed by atoms with van der Waals surface area (Å²) in [6.45, 7) is 0. The van der Waals surface area contributed by atoms with E-state index in [1.54, 1.807) is 48.5 Å². The molecule has 9 heteroatoms. The molecule has 0 bridgehead atoms. The number of aromatic hydroxyl groups is 2. The second-order valence-corrected chi connectivity index (χ2v) is 6.75. The monoisotopic (exact) mass is 581 g/mol. The summed E-state index contributed by atoms with van der Waals surface area (Å²) in [6.07, 6.45) is 0.928. The number of aliphatic carboxylic acids is 2. The molecule has 2 atom stereocenters. The normalized spacial score (nSPS) is 16.1. The van der Waals surface area contributed by atoms with E-state index >= 15 is 0 Å². The van der Waals surface area contributed by atoms with Gasteiger partial charge in [0.1, 0.15) is 11.5 Å². The maximum atomic E-state index is 10.2.